The zero-order valence-corrected chi connectivity index (χ0v) is 14.8. The first-order chi connectivity index (χ1) is 10.5. The molecule has 0 aliphatic rings. The molecule has 0 aliphatic heterocycles. The fourth-order valence-electron chi connectivity index (χ4n) is 2.13. The highest BCUT2D eigenvalue weighted by molar-refractivity contribution is 5.25. The van der Waals surface area contributed by atoms with E-state index in [9.17, 15) is 5.11 Å². The molecule has 124 valence electrons. The van der Waals surface area contributed by atoms with Crippen LogP contribution in [0, 0.1) is 0 Å². The summed E-state index contributed by atoms with van der Waals surface area (Å²) in [5.41, 5.74) is 2.22. The maximum absolute atomic E-state index is 9.81. The molecular weight excluding hydrogens is 272 g/mol. The fraction of sp³-hybridized carbons (Fsp3) is 0.474. The molecule has 0 rings (SSSR count). The van der Waals surface area contributed by atoms with E-state index in [1.807, 2.05) is 45.1 Å². The van der Waals surface area contributed by atoms with Crippen LogP contribution < -0.4 is 0 Å². The van der Waals surface area contributed by atoms with Crippen LogP contribution in [0.1, 0.15) is 20.8 Å². The first-order valence-electron chi connectivity index (χ1n) is 7.80. The third-order valence-electron chi connectivity index (χ3n) is 3.42. The van der Waals surface area contributed by atoms with Crippen molar-refractivity contribution in [3.63, 3.8) is 0 Å². The highest BCUT2D eigenvalue weighted by Gasteiger charge is 2.07. The molecule has 0 fully saturated rings. The lowest BCUT2D eigenvalue weighted by Crippen LogP contribution is -2.33. The molecule has 0 bridgehead atoms. The summed E-state index contributed by atoms with van der Waals surface area (Å²) in [6, 6.07) is 0. The van der Waals surface area contributed by atoms with E-state index in [-0.39, 0.29) is 0 Å². The molecule has 0 unspecified atom stereocenters. The number of nitrogens with zero attached hydrogens (tertiary/aromatic N) is 2. The molecule has 3 heteroatoms. The van der Waals surface area contributed by atoms with Crippen molar-refractivity contribution in [1.29, 1.82) is 0 Å². The van der Waals surface area contributed by atoms with Crippen LogP contribution >= 0.6 is 0 Å². The van der Waals surface area contributed by atoms with E-state index in [0.29, 0.717) is 5.76 Å². The van der Waals surface area contributed by atoms with Crippen molar-refractivity contribution in [2.24, 2.45) is 0 Å². The molecule has 1 N–H and O–H groups in total. The van der Waals surface area contributed by atoms with Gasteiger partial charge in [-0.1, -0.05) is 37.0 Å². The van der Waals surface area contributed by atoms with Gasteiger partial charge >= 0.3 is 0 Å². The largest absolute Gasteiger partial charge is 0.508 e. The lowest BCUT2D eigenvalue weighted by Gasteiger charge is -2.23. The van der Waals surface area contributed by atoms with Gasteiger partial charge in [-0.15, -0.1) is 0 Å². The Kier molecular flexibility index (Phi) is 11.2. The molecule has 0 heterocycles. The van der Waals surface area contributed by atoms with E-state index in [2.05, 4.69) is 36.6 Å². The lowest BCUT2D eigenvalue weighted by atomic mass is 10.2. The van der Waals surface area contributed by atoms with Gasteiger partial charge in [0, 0.05) is 31.8 Å². The maximum atomic E-state index is 9.81. The minimum absolute atomic E-state index is 0.368. The van der Waals surface area contributed by atoms with Gasteiger partial charge in [0.05, 0.1) is 0 Å². The zero-order chi connectivity index (χ0) is 17.0. The summed E-state index contributed by atoms with van der Waals surface area (Å²) in [4.78, 5) is 4.51. The second-order valence-corrected chi connectivity index (χ2v) is 5.44. The van der Waals surface area contributed by atoms with Crippen molar-refractivity contribution in [2.45, 2.75) is 20.8 Å². The number of aliphatic hydroxyl groups excluding tert-OH is 1. The first kappa shape index (κ1) is 20.4. The molecule has 22 heavy (non-hydrogen) atoms. The van der Waals surface area contributed by atoms with Crippen molar-refractivity contribution in [3.8, 4) is 0 Å². The van der Waals surface area contributed by atoms with Gasteiger partial charge in [0.2, 0.25) is 0 Å². The van der Waals surface area contributed by atoms with Crippen LogP contribution in [0.3, 0.4) is 0 Å². The van der Waals surface area contributed by atoms with Crippen molar-refractivity contribution >= 4 is 0 Å². The summed E-state index contributed by atoms with van der Waals surface area (Å²) in [7, 11) is 4.20. The highest BCUT2D eigenvalue weighted by atomic mass is 16.3. The maximum Gasteiger partial charge on any atom is 0.115 e. The number of allylic oxidation sites excluding steroid dienone is 5. The van der Waals surface area contributed by atoms with Crippen LogP contribution in [0.5, 0.6) is 0 Å². The summed E-state index contributed by atoms with van der Waals surface area (Å²) >= 11 is 0. The predicted molar refractivity (Wildman–Crippen MR) is 98.2 cm³/mol. The zero-order valence-electron chi connectivity index (χ0n) is 14.8. The fourth-order valence-corrected chi connectivity index (χ4v) is 2.13. The number of hydrogen-bond acceptors (Lipinski definition) is 3. The van der Waals surface area contributed by atoms with Crippen LogP contribution in [0.25, 0.3) is 0 Å². The smallest absolute Gasteiger partial charge is 0.115 e. The van der Waals surface area contributed by atoms with Crippen molar-refractivity contribution < 1.29 is 5.11 Å². The summed E-state index contributed by atoms with van der Waals surface area (Å²) in [5.74, 6) is 0.368. The molecule has 0 saturated heterocycles. The van der Waals surface area contributed by atoms with Gasteiger partial charge in [-0.2, -0.15) is 0 Å². The Balaban J connectivity index is 4.37. The molecule has 0 atom stereocenters. The van der Waals surface area contributed by atoms with Gasteiger partial charge in [0.15, 0.2) is 0 Å². The number of hydrogen-bond donors (Lipinski definition) is 1. The first-order valence-corrected chi connectivity index (χ1v) is 7.80. The highest BCUT2D eigenvalue weighted by Crippen LogP contribution is 2.08. The molecule has 0 aromatic heterocycles. The van der Waals surface area contributed by atoms with Gasteiger partial charge < -0.3 is 14.9 Å². The van der Waals surface area contributed by atoms with E-state index in [1.54, 1.807) is 6.08 Å². The van der Waals surface area contributed by atoms with E-state index in [1.165, 1.54) is 5.57 Å². The minimum atomic E-state index is 0.368. The molecule has 0 aliphatic carbocycles. The van der Waals surface area contributed by atoms with Gasteiger partial charge in [0.25, 0.3) is 0 Å². The van der Waals surface area contributed by atoms with Crippen LogP contribution in [0.2, 0.25) is 0 Å². The Hall–Kier alpha value is -1.58. The van der Waals surface area contributed by atoms with E-state index >= 15 is 0 Å². The van der Waals surface area contributed by atoms with Crippen LogP contribution in [0.4, 0.5) is 0 Å². The second kappa shape index (κ2) is 12.0. The molecule has 0 aromatic rings. The van der Waals surface area contributed by atoms with E-state index in [0.717, 1.165) is 31.8 Å². The van der Waals surface area contributed by atoms with Gasteiger partial charge in [0.1, 0.15) is 5.76 Å². The van der Waals surface area contributed by atoms with Gasteiger partial charge in [-0.25, -0.2) is 0 Å². The van der Waals surface area contributed by atoms with Crippen molar-refractivity contribution in [1.82, 2.24) is 9.80 Å². The minimum Gasteiger partial charge on any atom is -0.508 e. The molecular formula is C19H32N2O. The Morgan fingerprint density at radius 1 is 1.00 bits per heavy atom. The SMILES string of the molecule is C=C/C=C(\C=C/C)CN(C)CCN(C)CC(=C/C)/C(O)=C\C. The Morgan fingerprint density at radius 2 is 1.59 bits per heavy atom. The Labute approximate surface area is 136 Å². The molecule has 0 saturated carbocycles. The monoisotopic (exact) mass is 304 g/mol. The van der Waals surface area contributed by atoms with Crippen molar-refractivity contribution in [2.75, 3.05) is 40.3 Å². The second-order valence-electron chi connectivity index (χ2n) is 5.44. The Bertz CT molecular complexity index is 434. The number of likely N-dealkylation sites (N-methyl/N-ethyl adjacent to an activating group) is 2. The summed E-state index contributed by atoms with van der Waals surface area (Å²) in [6.07, 6.45) is 11.7. The standard InChI is InChI=1S/C19H32N2O/c1-7-11-17(12-8-2)15-20(5)13-14-21(6)16-18(9-3)19(22)10-4/h7-12,22H,1,13-16H2,2-6H3/b12-8-,17-11+,18-9-,19-10+. The third kappa shape index (κ3) is 8.65. The number of aliphatic hydroxyl groups is 1. The van der Waals surface area contributed by atoms with Crippen LogP contribution in [0.15, 0.2) is 59.9 Å². The average Bonchev–Trinajstić information content (AvgIpc) is 2.50. The summed E-state index contributed by atoms with van der Waals surface area (Å²) in [5, 5.41) is 9.81. The average molecular weight is 304 g/mol. The molecule has 0 spiro atoms. The molecule has 0 amide bonds. The van der Waals surface area contributed by atoms with Crippen molar-refractivity contribution in [3.05, 3.63) is 59.9 Å². The Morgan fingerprint density at radius 3 is 2.05 bits per heavy atom. The third-order valence-corrected chi connectivity index (χ3v) is 3.42. The summed E-state index contributed by atoms with van der Waals surface area (Å²) in [6.45, 7) is 13.2. The molecule has 3 nitrogen and oxygen atoms in total. The normalized spacial score (nSPS) is 14.4. The van der Waals surface area contributed by atoms with Crippen LogP contribution in [-0.2, 0) is 0 Å². The van der Waals surface area contributed by atoms with Gasteiger partial charge in [-0.05, 0) is 46.5 Å². The van der Waals surface area contributed by atoms with Crippen LogP contribution in [-0.4, -0.2) is 55.2 Å². The molecule has 0 radical (unpaired) electrons. The number of rotatable bonds is 10. The quantitative estimate of drug-likeness (QED) is 0.489. The van der Waals surface area contributed by atoms with E-state index < -0.39 is 0 Å². The van der Waals surface area contributed by atoms with Gasteiger partial charge in [-0.3, -0.25) is 0 Å². The molecule has 0 aromatic carbocycles. The summed E-state index contributed by atoms with van der Waals surface area (Å²) < 4.78 is 0. The van der Waals surface area contributed by atoms with E-state index in [4.69, 9.17) is 0 Å². The topological polar surface area (TPSA) is 26.7 Å². The lowest BCUT2D eigenvalue weighted by molar-refractivity contribution is 0.277. The predicted octanol–water partition coefficient (Wildman–Crippen LogP) is 3.95.